The molecule has 0 saturated heterocycles. The number of rotatable bonds is 5. The van der Waals surface area contributed by atoms with Gasteiger partial charge in [0.1, 0.15) is 5.82 Å². The molecule has 0 aromatic heterocycles. The van der Waals surface area contributed by atoms with E-state index in [1.807, 2.05) is 61.5 Å². The van der Waals surface area contributed by atoms with Crippen LogP contribution in [0.1, 0.15) is 22.0 Å². The van der Waals surface area contributed by atoms with Crippen LogP contribution in [0.2, 0.25) is 0 Å². The van der Waals surface area contributed by atoms with E-state index in [2.05, 4.69) is 5.32 Å². The standard InChI is InChI=1S/C21H21FN2O/c1-24(2)20(16-10-12-17(22)13-11-16)14-23-21(25)19-9-5-7-15-6-3-4-8-18(15)19/h3-13,20H,14H2,1-2H3,(H,23,25). The van der Waals surface area contributed by atoms with Crippen LogP contribution in [0.25, 0.3) is 10.8 Å². The van der Waals surface area contributed by atoms with Gasteiger partial charge in [0, 0.05) is 12.1 Å². The van der Waals surface area contributed by atoms with Gasteiger partial charge in [-0.05, 0) is 48.6 Å². The first-order valence-corrected chi connectivity index (χ1v) is 8.24. The Kier molecular flexibility index (Phi) is 5.10. The molecule has 3 nitrogen and oxygen atoms in total. The Morgan fingerprint density at radius 1 is 1.00 bits per heavy atom. The third-order valence-electron chi connectivity index (χ3n) is 4.37. The summed E-state index contributed by atoms with van der Waals surface area (Å²) in [6, 6.07) is 19.9. The molecule has 1 amide bonds. The number of benzene rings is 3. The van der Waals surface area contributed by atoms with Gasteiger partial charge in [0.15, 0.2) is 0 Å². The van der Waals surface area contributed by atoms with Gasteiger partial charge in [-0.25, -0.2) is 4.39 Å². The van der Waals surface area contributed by atoms with Gasteiger partial charge in [0.2, 0.25) is 0 Å². The number of nitrogens with one attached hydrogen (secondary N) is 1. The summed E-state index contributed by atoms with van der Waals surface area (Å²) < 4.78 is 13.2. The summed E-state index contributed by atoms with van der Waals surface area (Å²) in [6.45, 7) is 0.445. The number of hydrogen-bond acceptors (Lipinski definition) is 2. The zero-order valence-electron chi connectivity index (χ0n) is 14.4. The highest BCUT2D eigenvalue weighted by molar-refractivity contribution is 6.07. The van der Waals surface area contributed by atoms with Crippen LogP contribution in [0.4, 0.5) is 4.39 Å². The molecule has 4 heteroatoms. The van der Waals surface area contributed by atoms with E-state index in [9.17, 15) is 9.18 Å². The van der Waals surface area contributed by atoms with Crippen LogP contribution in [0.3, 0.4) is 0 Å². The summed E-state index contributed by atoms with van der Waals surface area (Å²) >= 11 is 0. The Bertz CT molecular complexity index is 869. The molecule has 1 atom stereocenters. The maximum Gasteiger partial charge on any atom is 0.251 e. The fourth-order valence-electron chi connectivity index (χ4n) is 2.99. The molecule has 0 radical (unpaired) electrons. The second-order valence-electron chi connectivity index (χ2n) is 6.27. The summed E-state index contributed by atoms with van der Waals surface area (Å²) in [5.41, 5.74) is 1.62. The van der Waals surface area contributed by atoms with Crippen molar-refractivity contribution in [2.24, 2.45) is 0 Å². The topological polar surface area (TPSA) is 32.3 Å². The van der Waals surface area contributed by atoms with Crippen LogP contribution in [-0.2, 0) is 0 Å². The molecule has 0 saturated carbocycles. The summed E-state index contributed by atoms with van der Waals surface area (Å²) in [7, 11) is 3.89. The number of hydrogen-bond donors (Lipinski definition) is 1. The van der Waals surface area contributed by atoms with Crippen molar-refractivity contribution in [1.82, 2.24) is 10.2 Å². The average molecular weight is 336 g/mol. The maximum absolute atomic E-state index is 13.2. The van der Waals surface area contributed by atoms with Crippen molar-refractivity contribution in [2.45, 2.75) is 6.04 Å². The highest BCUT2D eigenvalue weighted by Crippen LogP contribution is 2.20. The average Bonchev–Trinajstić information content (AvgIpc) is 2.62. The Hall–Kier alpha value is -2.72. The number of amides is 1. The van der Waals surface area contributed by atoms with Crippen LogP contribution in [-0.4, -0.2) is 31.4 Å². The molecule has 3 aromatic carbocycles. The summed E-state index contributed by atoms with van der Waals surface area (Å²) in [5, 5.41) is 4.99. The Balaban J connectivity index is 1.78. The van der Waals surface area contributed by atoms with E-state index in [1.54, 1.807) is 12.1 Å². The second-order valence-corrected chi connectivity index (χ2v) is 6.27. The molecular formula is C21H21FN2O. The molecule has 0 fully saturated rings. The minimum atomic E-state index is -0.263. The van der Waals surface area contributed by atoms with Gasteiger partial charge in [-0.1, -0.05) is 48.5 Å². The third kappa shape index (κ3) is 3.86. The van der Waals surface area contributed by atoms with Crippen molar-refractivity contribution < 1.29 is 9.18 Å². The van der Waals surface area contributed by atoms with Crippen LogP contribution in [0.15, 0.2) is 66.7 Å². The second kappa shape index (κ2) is 7.45. The fraction of sp³-hybridized carbons (Fsp3) is 0.190. The van der Waals surface area contributed by atoms with Crippen molar-refractivity contribution in [3.8, 4) is 0 Å². The van der Waals surface area contributed by atoms with E-state index in [4.69, 9.17) is 0 Å². The van der Waals surface area contributed by atoms with E-state index in [1.165, 1.54) is 12.1 Å². The van der Waals surface area contributed by atoms with Gasteiger partial charge in [-0.15, -0.1) is 0 Å². The molecule has 0 aliphatic carbocycles. The molecule has 3 aromatic rings. The number of nitrogens with zero attached hydrogens (tertiary/aromatic N) is 1. The number of halogens is 1. The molecular weight excluding hydrogens is 315 g/mol. The molecule has 0 heterocycles. The number of carbonyl (C=O) groups excluding carboxylic acids is 1. The summed E-state index contributed by atoms with van der Waals surface area (Å²) in [5.74, 6) is -0.369. The number of fused-ring (bicyclic) bond motifs is 1. The van der Waals surface area contributed by atoms with E-state index >= 15 is 0 Å². The number of likely N-dealkylation sites (N-methyl/N-ethyl adjacent to an activating group) is 1. The van der Waals surface area contributed by atoms with Crippen molar-refractivity contribution >= 4 is 16.7 Å². The van der Waals surface area contributed by atoms with Crippen molar-refractivity contribution in [2.75, 3.05) is 20.6 Å². The van der Waals surface area contributed by atoms with Gasteiger partial charge < -0.3 is 10.2 Å². The molecule has 1 unspecified atom stereocenters. The molecule has 0 bridgehead atoms. The van der Waals surface area contributed by atoms with Crippen LogP contribution in [0.5, 0.6) is 0 Å². The van der Waals surface area contributed by atoms with E-state index in [0.717, 1.165) is 16.3 Å². The van der Waals surface area contributed by atoms with Gasteiger partial charge >= 0.3 is 0 Å². The highest BCUT2D eigenvalue weighted by atomic mass is 19.1. The van der Waals surface area contributed by atoms with Gasteiger partial charge in [0.05, 0.1) is 6.04 Å². The normalized spacial score (nSPS) is 12.3. The molecule has 0 aliphatic rings. The SMILES string of the molecule is CN(C)C(CNC(=O)c1cccc2ccccc12)c1ccc(F)cc1. The highest BCUT2D eigenvalue weighted by Gasteiger charge is 2.17. The molecule has 25 heavy (non-hydrogen) atoms. The Labute approximate surface area is 147 Å². The zero-order chi connectivity index (χ0) is 17.8. The molecule has 0 spiro atoms. The Morgan fingerprint density at radius 2 is 1.68 bits per heavy atom. The van der Waals surface area contributed by atoms with E-state index in [-0.39, 0.29) is 17.8 Å². The lowest BCUT2D eigenvalue weighted by atomic mass is 10.0. The largest absolute Gasteiger partial charge is 0.350 e. The predicted octanol–water partition coefficient (Wildman–Crippen LogP) is 4.01. The van der Waals surface area contributed by atoms with Crippen molar-refractivity contribution in [3.05, 3.63) is 83.7 Å². The lowest BCUT2D eigenvalue weighted by Crippen LogP contribution is -2.34. The lowest BCUT2D eigenvalue weighted by molar-refractivity contribution is 0.0943. The maximum atomic E-state index is 13.2. The minimum absolute atomic E-state index is 0.0282. The molecule has 128 valence electrons. The quantitative estimate of drug-likeness (QED) is 0.763. The van der Waals surface area contributed by atoms with Crippen LogP contribution in [0, 0.1) is 5.82 Å². The lowest BCUT2D eigenvalue weighted by Gasteiger charge is -2.25. The third-order valence-corrected chi connectivity index (χ3v) is 4.37. The van der Waals surface area contributed by atoms with Crippen molar-refractivity contribution in [1.29, 1.82) is 0 Å². The molecule has 3 rings (SSSR count). The first-order chi connectivity index (χ1) is 12.1. The molecule has 0 aliphatic heterocycles. The Morgan fingerprint density at radius 3 is 2.40 bits per heavy atom. The van der Waals surface area contributed by atoms with Gasteiger partial charge in [0.25, 0.3) is 5.91 Å². The van der Waals surface area contributed by atoms with Crippen molar-refractivity contribution in [3.63, 3.8) is 0 Å². The van der Waals surface area contributed by atoms with Crippen LogP contribution < -0.4 is 5.32 Å². The van der Waals surface area contributed by atoms with Crippen LogP contribution >= 0.6 is 0 Å². The van der Waals surface area contributed by atoms with Gasteiger partial charge in [-0.3, -0.25) is 4.79 Å². The minimum Gasteiger partial charge on any atom is -0.350 e. The first-order valence-electron chi connectivity index (χ1n) is 8.24. The summed E-state index contributed by atoms with van der Waals surface area (Å²) in [4.78, 5) is 14.7. The number of carbonyl (C=O) groups is 1. The van der Waals surface area contributed by atoms with E-state index < -0.39 is 0 Å². The molecule has 1 N–H and O–H groups in total. The monoisotopic (exact) mass is 336 g/mol. The smallest absolute Gasteiger partial charge is 0.251 e. The van der Waals surface area contributed by atoms with E-state index in [0.29, 0.717) is 12.1 Å². The summed E-state index contributed by atoms with van der Waals surface area (Å²) in [6.07, 6.45) is 0. The predicted molar refractivity (Wildman–Crippen MR) is 99.1 cm³/mol. The van der Waals surface area contributed by atoms with Gasteiger partial charge in [-0.2, -0.15) is 0 Å². The first kappa shape index (κ1) is 17.1. The fourth-order valence-corrected chi connectivity index (χ4v) is 2.99. The zero-order valence-corrected chi connectivity index (χ0v) is 14.4.